The molecule has 0 bridgehead atoms. The molecule has 1 unspecified atom stereocenters. The van der Waals surface area contributed by atoms with Crippen LogP contribution in [0.4, 0.5) is 0 Å². The zero-order chi connectivity index (χ0) is 14.5. The number of benzene rings is 1. The summed E-state index contributed by atoms with van der Waals surface area (Å²) in [5.41, 5.74) is 6.93. The van der Waals surface area contributed by atoms with Gasteiger partial charge in [-0.25, -0.2) is 0 Å². The summed E-state index contributed by atoms with van der Waals surface area (Å²) in [5.74, 6) is 0.879. The molecule has 1 aromatic rings. The lowest BCUT2D eigenvalue weighted by atomic mass is 10.1. The van der Waals surface area contributed by atoms with Gasteiger partial charge in [0.1, 0.15) is 5.75 Å². The summed E-state index contributed by atoms with van der Waals surface area (Å²) in [6.07, 6.45) is 2.04. The van der Waals surface area contributed by atoms with Gasteiger partial charge in [-0.1, -0.05) is 25.1 Å². The normalized spacial score (nSPS) is 17.0. The third-order valence-electron chi connectivity index (χ3n) is 3.86. The van der Waals surface area contributed by atoms with Gasteiger partial charge in [0.05, 0.1) is 0 Å². The maximum absolute atomic E-state index is 12.5. The molecule has 21 heavy (non-hydrogen) atoms. The Bertz CT molecular complexity index is 459. The number of likely N-dealkylation sites (tertiary alicyclic amines) is 1. The summed E-state index contributed by atoms with van der Waals surface area (Å²) in [4.78, 5) is 14.4. The van der Waals surface area contributed by atoms with Crippen molar-refractivity contribution in [3.05, 3.63) is 29.8 Å². The zero-order valence-corrected chi connectivity index (χ0v) is 13.6. The van der Waals surface area contributed by atoms with Crippen LogP contribution in [0.3, 0.4) is 0 Å². The standard InChI is InChI=1S/C16H24N2O2.ClH/c1-3-14(20-15-7-5-4-6-12(15)2)16(19)18-10-8-13(17)9-11-18;/h4-7,13-14H,3,8-11,17H2,1-2H3;1H. The monoisotopic (exact) mass is 312 g/mol. The van der Waals surface area contributed by atoms with Crippen molar-refractivity contribution in [3.63, 3.8) is 0 Å². The number of nitrogens with zero attached hydrogens (tertiary/aromatic N) is 1. The smallest absolute Gasteiger partial charge is 0.263 e. The van der Waals surface area contributed by atoms with E-state index in [4.69, 9.17) is 10.5 Å². The molecule has 0 spiro atoms. The molecule has 1 aliphatic heterocycles. The Morgan fingerprint density at radius 2 is 2.00 bits per heavy atom. The fourth-order valence-electron chi connectivity index (χ4n) is 2.47. The molecular weight excluding hydrogens is 288 g/mol. The van der Waals surface area contributed by atoms with Gasteiger partial charge < -0.3 is 15.4 Å². The first-order chi connectivity index (χ1) is 9.61. The van der Waals surface area contributed by atoms with E-state index < -0.39 is 6.10 Å². The van der Waals surface area contributed by atoms with Gasteiger partial charge in [-0.2, -0.15) is 0 Å². The number of aryl methyl sites for hydroxylation is 1. The molecule has 1 amide bonds. The Hall–Kier alpha value is -1.26. The van der Waals surface area contributed by atoms with E-state index in [9.17, 15) is 4.79 Å². The molecule has 1 heterocycles. The van der Waals surface area contributed by atoms with Crippen LogP contribution in [0.15, 0.2) is 24.3 Å². The van der Waals surface area contributed by atoms with E-state index in [0.717, 1.165) is 37.2 Å². The number of hydrogen-bond donors (Lipinski definition) is 1. The highest BCUT2D eigenvalue weighted by atomic mass is 35.5. The minimum Gasteiger partial charge on any atom is -0.480 e. The summed E-state index contributed by atoms with van der Waals surface area (Å²) in [5, 5.41) is 0. The first kappa shape index (κ1) is 17.8. The molecular formula is C16H25ClN2O2. The summed E-state index contributed by atoms with van der Waals surface area (Å²) < 4.78 is 5.91. The number of amides is 1. The molecule has 2 N–H and O–H groups in total. The number of nitrogens with two attached hydrogens (primary N) is 1. The molecule has 1 fully saturated rings. The molecule has 0 radical (unpaired) electrons. The number of hydrogen-bond acceptors (Lipinski definition) is 3. The number of rotatable bonds is 4. The van der Waals surface area contributed by atoms with Gasteiger partial charge in [-0.3, -0.25) is 4.79 Å². The Kier molecular flexibility index (Phi) is 6.99. The molecule has 0 aliphatic carbocycles. The van der Waals surface area contributed by atoms with E-state index in [1.54, 1.807) is 0 Å². The highest BCUT2D eigenvalue weighted by Gasteiger charge is 2.27. The van der Waals surface area contributed by atoms with Crippen LogP contribution in [0.2, 0.25) is 0 Å². The van der Waals surface area contributed by atoms with E-state index in [-0.39, 0.29) is 24.4 Å². The van der Waals surface area contributed by atoms with Gasteiger partial charge in [0.2, 0.25) is 0 Å². The molecule has 2 rings (SSSR count). The molecule has 0 saturated carbocycles. The molecule has 1 saturated heterocycles. The van der Waals surface area contributed by atoms with Crippen molar-refractivity contribution >= 4 is 18.3 Å². The summed E-state index contributed by atoms with van der Waals surface area (Å²) >= 11 is 0. The fraction of sp³-hybridized carbons (Fsp3) is 0.562. The van der Waals surface area contributed by atoms with Crippen LogP contribution in [0, 0.1) is 6.92 Å². The lowest BCUT2D eigenvalue weighted by Gasteiger charge is -2.32. The number of halogens is 1. The summed E-state index contributed by atoms with van der Waals surface area (Å²) in [7, 11) is 0. The van der Waals surface area contributed by atoms with Crippen LogP contribution < -0.4 is 10.5 Å². The predicted molar refractivity (Wildman–Crippen MR) is 86.9 cm³/mol. The average Bonchev–Trinajstić information content (AvgIpc) is 2.46. The molecule has 1 aromatic carbocycles. The SMILES string of the molecule is CCC(Oc1ccccc1C)C(=O)N1CCC(N)CC1.Cl. The topological polar surface area (TPSA) is 55.6 Å². The predicted octanol–water partition coefficient (Wildman–Crippen LogP) is 2.52. The molecule has 5 heteroatoms. The average molecular weight is 313 g/mol. The van der Waals surface area contributed by atoms with Gasteiger partial charge in [-0.15, -0.1) is 12.4 Å². The third-order valence-corrected chi connectivity index (χ3v) is 3.86. The minimum atomic E-state index is -0.398. The summed E-state index contributed by atoms with van der Waals surface area (Å²) in [6.45, 7) is 5.46. The minimum absolute atomic E-state index is 0. The van der Waals surface area contributed by atoms with Crippen LogP contribution in [0.5, 0.6) is 5.75 Å². The molecule has 1 aliphatic rings. The van der Waals surface area contributed by atoms with E-state index in [0.29, 0.717) is 6.42 Å². The van der Waals surface area contributed by atoms with E-state index >= 15 is 0 Å². The molecule has 0 aromatic heterocycles. The van der Waals surface area contributed by atoms with E-state index in [2.05, 4.69) is 0 Å². The third kappa shape index (κ3) is 4.61. The lowest BCUT2D eigenvalue weighted by Crippen LogP contribution is -2.48. The fourth-order valence-corrected chi connectivity index (χ4v) is 2.47. The number of piperidine rings is 1. The lowest BCUT2D eigenvalue weighted by molar-refractivity contribution is -0.139. The first-order valence-corrected chi connectivity index (χ1v) is 7.38. The molecule has 1 atom stereocenters. The number of carbonyl (C=O) groups excluding carboxylic acids is 1. The second kappa shape index (κ2) is 8.25. The van der Waals surface area contributed by atoms with Crippen LogP contribution in [0.25, 0.3) is 0 Å². The molecule has 118 valence electrons. The van der Waals surface area contributed by atoms with Crippen LogP contribution in [-0.2, 0) is 4.79 Å². The second-order valence-corrected chi connectivity index (χ2v) is 5.44. The van der Waals surface area contributed by atoms with Gasteiger partial charge in [0.25, 0.3) is 5.91 Å². The van der Waals surface area contributed by atoms with Crippen molar-refractivity contribution in [2.24, 2.45) is 5.73 Å². The zero-order valence-electron chi connectivity index (χ0n) is 12.7. The number of ether oxygens (including phenoxy) is 1. The van der Waals surface area contributed by atoms with Crippen molar-refractivity contribution in [2.45, 2.75) is 45.3 Å². The Balaban J connectivity index is 0.00000220. The molecule has 4 nitrogen and oxygen atoms in total. The first-order valence-electron chi connectivity index (χ1n) is 7.38. The Labute approximate surface area is 133 Å². The second-order valence-electron chi connectivity index (χ2n) is 5.44. The maximum Gasteiger partial charge on any atom is 0.263 e. The van der Waals surface area contributed by atoms with Crippen molar-refractivity contribution in [1.82, 2.24) is 4.90 Å². The quantitative estimate of drug-likeness (QED) is 0.929. The van der Waals surface area contributed by atoms with Crippen molar-refractivity contribution in [3.8, 4) is 5.75 Å². The van der Waals surface area contributed by atoms with Gasteiger partial charge in [-0.05, 0) is 37.8 Å². The van der Waals surface area contributed by atoms with Gasteiger partial charge in [0.15, 0.2) is 6.10 Å². The highest BCUT2D eigenvalue weighted by molar-refractivity contribution is 5.85. The Morgan fingerprint density at radius 3 is 2.57 bits per heavy atom. The summed E-state index contributed by atoms with van der Waals surface area (Å²) in [6, 6.07) is 8.04. The Morgan fingerprint density at radius 1 is 1.38 bits per heavy atom. The number of carbonyl (C=O) groups is 1. The van der Waals surface area contributed by atoms with Crippen molar-refractivity contribution in [1.29, 1.82) is 0 Å². The van der Waals surface area contributed by atoms with Crippen molar-refractivity contribution < 1.29 is 9.53 Å². The number of para-hydroxylation sites is 1. The van der Waals surface area contributed by atoms with E-state index in [1.807, 2.05) is 43.0 Å². The van der Waals surface area contributed by atoms with Gasteiger partial charge >= 0.3 is 0 Å². The van der Waals surface area contributed by atoms with Crippen LogP contribution in [-0.4, -0.2) is 36.0 Å². The van der Waals surface area contributed by atoms with Gasteiger partial charge in [0, 0.05) is 19.1 Å². The maximum atomic E-state index is 12.5. The highest BCUT2D eigenvalue weighted by Crippen LogP contribution is 2.20. The van der Waals surface area contributed by atoms with Crippen LogP contribution >= 0.6 is 12.4 Å². The largest absolute Gasteiger partial charge is 0.480 e. The van der Waals surface area contributed by atoms with Crippen molar-refractivity contribution in [2.75, 3.05) is 13.1 Å². The van der Waals surface area contributed by atoms with E-state index in [1.165, 1.54) is 0 Å². The van der Waals surface area contributed by atoms with Crippen LogP contribution in [0.1, 0.15) is 31.7 Å².